The third kappa shape index (κ3) is 3.63. The summed E-state index contributed by atoms with van der Waals surface area (Å²) in [6, 6.07) is 3.16. The van der Waals surface area contributed by atoms with Gasteiger partial charge in [-0.3, -0.25) is 0 Å². The van der Waals surface area contributed by atoms with Gasteiger partial charge in [0, 0.05) is 30.9 Å². The van der Waals surface area contributed by atoms with Crippen LogP contribution in [0.25, 0.3) is 16.9 Å². The number of halogens is 4. The second kappa shape index (κ2) is 7.69. The van der Waals surface area contributed by atoms with Crippen molar-refractivity contribution in [2.45, 2.75) is 12.5 Å². The largest absolute Gasteiger partial charge is 0.465 e. The summed E-state index contributed by atoms with van der Waals surface area (Å²) >= 11 is 5.83. The monoisotopic (exact) mass is 440 g/mol. The molecule has 30 heavy (non-hydrogen) atoms. The van der Waals surface area contributed by atoms with Crippen molar-refractivity contribution < 1.29 is 27.8 Å². The Labute approximate surface area is 173 Å². The molecule has 1 fully saturated rings. The molecule has 3 heterocycles. The Morgan fingerprint density at radius 3 is 2.63 bits per heavy atom. The molecule has 4 rings (SSSR count). The van der Waals surface area contributed by atoms with Crippen molar-refractivity contribution in [1.29, 1.82) is 0 Å². The number of ether oxygens (including phenoxy) is 1. The van der Waals surface area contributed by atoms with Crippen molar-refractivity contribution in [2.75, 3.05) is 25.4 Å². The lowest BCUT2D eigenvalue weighted by Crippen LogP contribution is -2.45. The molecule has 1 aromatic carbocycles. The molecular formula is C19H16ClF3N4O3. The second-order valence-corrected chi connectivity index (χ2v) is 7.30. The number of nitrogen functional groups attached to an aromatic ring is 1. The fraction of sp³-hybridized carbons (Fsp3) is 0.263. The molecule has 0 bridgehead atoms. The van der Waals surface area contributed by atoms with E-state index in [0.717, 1.165) is 18.3 Å². The number of anilines is 1. The molecule has 1 unspecified atom stereocenters. The molecule has 0 radical (unpaired) electrons. The number of nitrogens with zero attached hydrogens (tertiary/aromatic N) is 3. The van der Waals surface area contributed by atoms with E-state index in [1.165, 1.54) is 15.4 Å². The second-order valence-electron chi connectivity index (χ2n) is 6.89. The smallest absolute Gasteiger partial charge is 0.407 e. The third-order valence-electron chi connectivity index (χ3n) is 4.90. The Morgan fingerprint density at radius 2 is 1.97 bits per heavy atom. The first-order chi connectivity index (χ1) is 14.2. The van der Waals surface area contributed by atoms with Crippen molar-refractivity contribution in [3.05, 3.63) is 52.6 Å². The van der Waals surface area contributed by atoms with Gasteiger partial charge in [0.05, 0.1) is 41.2 Å². The van der Waals surface area contributed by atoms with Crippen molar-refractivity contribution in [2.24, 2.45) is 0 Å². The molecule has 2 aromatic heterocycles. The number of aromatic nitrogens is 2. The predicted molar refractivity (Wildman–Crippen MR) is 103 cm³/mol. The number of pyridine rings is 1. The third-order valence-corrected chi connectivity index (χ3v) is 5.18. The number of imidazole rings is 1. The molecule has 3 N–H and O–H groups in total. The van der Waals surface area contributed by atoms with E-state index in [9.17, 15) is 23.1 Å². The lowest BCUT2D eigenvalue weighted by Gasteiger charge is -2.31. The average Bonchev–Trinajstić information content (AvgIpc) is 2.98. The first-order valence-corrected chi connectivity index (χ1v) is 9.32. The Kier molecular flexibility index (Phi) is 5.20. The van der Waals surface area contributed by atoms with E-state index in [-0.39, 0.29) is 53.9 Å². The van der Waals surface area contributed by atoms with Gasteiger partial charge in [0.25, 0.3) is 0 Å². The molecule has 7 nitrogen and oxygen atoms in total. The molecule has 1 atom stereocenters. The molecule has 1 aliphatic heterocycles. The van der Waals surface area contributed by atoms with Crippen LogP contribution in [-0.4, -0.2) is 51.3 Å². The Balaban J connectivity index is 1.86. The van der Waals surface area contributed by atoms with Crippen molar-refractivity contribution in [1.82, 2.24) is 14.3 Å². The van der Waals surface area contributed by atoms with E-state index in [1.807, 2.05) is 0 Å². The van der Waals surface area contributed by atoms with Crippen LogP contribution in [0.4, 0.5) is 23.7 Å². The lowest BCUT2D eigenvalue weighted by molar-refractivity contribution is -0.0214. The van der Waals surface area contributed by atoms with E-state index >= 15 is 0 Å². The zero-order valence-corrected chi connectivity index (χ0v) is 16.2. The number of benzene rings is 1. The van der Waals surface area contributed by atoms with Crippen LogP contribution in [0.1, 0.15) is 5.69 Å². The minimum Gasteiger partial charge on any atom is -0.465 e. The minimum absolute atomic E-state index is 0.0324. The molecule has 0 saturated carbocycles. The molecule has 3 aromatic rings. The van der Waals surface area contributed by atoms with Gasteiger partial charge in [-0.1, -0.05) is 11.6 Å². The zero-order valence-electron chi connectivity index (χ0n) is 15.4. The molecule has 0 spiro atoms. The van der Waals surface area contributed by atoms with Gasteiger partial charge in [-0.15, -0.1) is 0 Å². The van der Waals surface area contributed by atoms with E-state index < -0.39 is 35.2 Å². The van der Waals surface area contributed by atoms with Crippen LogP contribution < -0.4 is 5.73 Å². The standard InChI is InChI=1S/C19H16ClF3N4O3/c20-11-6-16-25-18(17-12(21)3-9(24)4-13(17)22)15(27(16)8-14(11)23)5-10-7-26(19(28)29)1-2-30-10/h3-4,6,8,10H,1-2,5,7,24H2,(H,28,29). The summed E-state index contributed by atoms with van der Waals surface area (Å²) < 4.78 is 50.3. The summed E-state index contributed by atoms with van der Waals surface area (Å²) in [5.74, 6) is -2.61. The molecule has 0 aliphatic carbocycles. The number of amides is 1. The van der Waals surface area contributed by atoms with Gasteiger partial charge < -0.3 is 24.9 Å². The van der Waals surface area contributed by atoms with Crippen LogP contribution in [0.2, 0.25) is 5.02 Å². The highest BCUT2D eigenvalue weighted by atomic mass is 35.5. The number of carboxylic acid groups (broad SMARTS) is 1. The van der Waals surface area contributed by atoms with Gasteiger partial charge in [-0.2, -0.15) is 0 Å². The average molecular weight is 441 g/mol. The van der Waals surface area contributed by atoms with Gasteiger partial charge in [-0.25, -0.2) is 22.9 Å². The molecular weight excluding hydrogens is 425 g/mol. The zero-order chi connectivity index (χ0) is 21.6. The highest BCUT2D eigenvalue weighted by molar-refractivity contribution is 6.31. The first kappa shape index (κ1) is 20.3. The van der Waals surface area contributed by atoms with Crippen LogP contribution >= 0.6 is 11.6 Å². The minimum atomic E-state index is -1.10. The summed E-state index contributed by atoms with van der Waals surface area (Å²) in [5, 5.41) is 9.03. The summed E-state index contributed by atoms with van der Waals surface area (Å²) in [6.45, 7) is 0.413. The SMILES string of the molecule is Nc1cc(F)c(-c2nc3cc(Cl)c(F)cn3c2CC2CN(C(=O)O)CCO2)c(F)c1. The van der Waals surface area contributed by atoms with Gasteiger partial charge in [-0.05, 0) is 12.1 Å². The predicted octanol–water partition coefficient (Wildman–Crippen LogP) is 3.58. The van der Waals surface area contributed by atoms with Crippen LogP contribution in [0.5, 0.6) is 0 Å². The summed E-state index contributed by atoms with van der Waals surface area (Å²) in [5.41, 5.74) is 5.33. The maximum atomic E-state index is 14.6. The number of carbonyl (C=O) groups is 1. The molecule has 1 saturated heterocycles. The molecule has 11 heteroatoms. The van der Waals surface area contributed by atoms with Crippen LogP contribution in [-0.2, 0) is 11.2 Å². The quantitative estimate of drug-likeness (QED) is 0.607. The van der Waals surface area contributed by atoms with E-state index in [2.05, 4.69) is 4.98 Å². The molecule has 1 aliphatic rings. The van der Waals surface area contributed by atoms with Gasteiger partial charge in [0.1, 0.15) is 17.3 Å². The highest BCUT2D eigenvalue weighted by Gasteiger charge is 2.28. The van der Waals surface area contributed by atoms with E-state index in [0.29, 0.717) is 0 Å². The normalized spacial score (nSPS) is 16.9. The number of morpholine rings is 1. The van der Waals surface area contributed by atoms with E-state index in [1.54, 1.807) is 0 Å². The Hall–Kier alpha value is -2.98. The molecule has 1 amide bonds. The van der Waals surface area contributed by atoms with Gasteiger partial charge in [0.15, 0.2) is 5.82 Å². The van der Waals surface area contributed by atoms with Gasteiger partial charge in [0.2, 0.25) is 0 Å². The Bertz CT molecular complexity index is 1130. The van der Waals surface area contributed by atoms with E-state index in [4.69, 9.17) is 22.1 Å². The number of fused-ring (bicyclic) bond motifs is 1. The summed E-state index contributed by atoms with van der Waals surface area (Å²) in [7, 11) is 0. The van der Waals surface area contributed by atoms with Crippen molar-refractivity contribution in [3.63, 3.8) is 0 Å². The van der Waals surface area contributed by atoms with Gasteiger partial charge >= 0.3 is 6.09 Å². The Morgan fingerprint density at radius 1 is 1.27 bits per heavy atom. The number of nitrogens with two attached hydrogens (primary N) is 1. The summed E-state index contributed by atoms with van der Waals surface area (Å²) in [4.78, 5) is 16.7. The van der Waals surface area contributed by atoms with Crippen molar-refractivity contribution >= 4 is 29.0 Å². The topological polar surface area (TPSA) is 93.1 Å². The van der Waals surface area contributed by atoms with Crippen LogP contribution in [0.3, 0.4) is 0 Å². The maximum absolute atomic E-state index is 14.6. The molecule has 158 valence electrons. The lowest BCUT2D eigenvalue weighted by atomic mass is 10.0. The highest BCUT2D eigenvalue weighted by Crippen LogP contribution is 2.33. The van der Waals surface area contributed by atoms with Crippen LogP contribution in [0.15, 0.2) is 24.4 Å². The number of hydrogen-bond acceptors (Lipinski definition) is 4. The fourth-order valence-corrected chi connectivity index (χ4v) is 3.68. The number of rotatable bonds is 3. The number of hydrogen-bond donors (Lipinski definition) is 2. The van der Waals surface area contributed by atoms with Crippen molar-refractivity contribution in [3.8, 4) is 11.3 Å². The summed E-state index contributed by atoms with van der Waals surface area (Å²) in [6.07, 6.45) is -0.624. The first-order valence-electron chi connectivity index (χ1n) is 8.95. The van der Waals surface area contributed by atoms with Crippen LogP contribution in [0, 0.1) is 17.5 Å². The maximum Gasteiger partial charge on any atom is 0.407 e. The fourth-order valence-electron chi connectivity index (χ4n) is 3.53.